The Balaban J connectivity index is 1.79. The van der Waals surface area contributed by atoms with Crippen LogP contribution >= 0.6 is 0 Å². The number of halogens is 3. The molecule has 3 rings (SSSR count). The minimum absolute atomic E-state index is 0.0856. The summed E-state index contributed by atoms with van der Waals surface area (Å²) < 4.78 is 42.3. The number of ether oxygens (including phenoxy) is 1. The maximum Gasteiger partial charge on any atom is 0.573 e. The molecule has 2 atom stereocenters. The average Bonchev–Trinajstić information content (AvgIpc) is 2.66. The first-order valence-electron chi connectivity index (χ1n) is 9.56. The Morgan fingerprint density at radius 1 is 1.21 bits per heavy atom. The third-order valence-electron chi connectivity index (χ3n) is 4.95. The quantitative estimate of drug-likeness (QED) is 0.785. The molecule has 1 amide bonds. The molecule has 1 aromatic carbocycles. The standard InChI is InChI=1S/C21H24F3N3O2/c1-14-10-11-16(12-25-19-9-5-6-15(2)26-19)27(13-14)20(28)17-7-3-4-8-18(17)29-21(22,23)24/h3-9,14,16H,10-13H2,1-2H3,(H,25,26)/t14?,16-/m0/s1. The van der Waals surface area contributed by atoms with Crippen LogP contribution in [0.4, 0.5) is 19.0 Å². The summed E-state index contributed by atoms with van der Waals surface area (Å²) in [5, 5.41) is 3.24. The van der Waals surface area contributed by atoms with Crippen molar-refractivity contribution in [2.24, 2.45) is 5.92 Å². The summed E-state index contributed by atoms with van der Waals surface area (Å²) in [6.45, 7) is 4.87. The van der Waals surface area contributed by atoms with Gasteiger partial charge in [-0.2, -0.15) is 0 Å². The first-order chi connectivity index (χ1) is 13.7. The molecule has 1 saturated heterocycles. The molecule has 5 nitrogen and oxygen atoms in total. The highest BCUT2D eigenvalue weighted by Crippen LogP contribution is 2.30. The van der Waals surface area contributed by atoms with Gasteiger partial charge in [-0.15, -0.1) is 13.2 Å². The third kappa shape index (κ3) is 5.62. The Morgan fingerprint density at radius 3 is 2.69 bits per heavy atom. The molecule has 0 radical (unpaired) electrons. The van der Waals surface area contributed by atoms with Gasteiger partial charge in [0.25, 0.3) is 5.91 Å². The van der Waals surface area contributed by atoms with E-state index in [1.165, 1.54) is 18.2 Å². The molecule has 0 aliphatic carbocycles. The lowest BCUT2D eigenvalue weighted by molar-refractivity contribution is -0.274. The van der Waals surface area contributed by atoms with Gasteiger partial charge in [-0.25, -0.2) is 4.98 Å². The minimum Gasteiger partial charge on any atom is -0.405 e. The molecule has 1 fully saturated rings. The van der Waals surface area contributed by atoms with Crippen LogP contribution in [0.1, 0.15) is 35.8 Å². The number of aromatic nitrogens is 1. The number of hydrogen-bond donors (Lipinski definition) is 1. The van der Waals surface area contributed by atoms with Crippen molar-refractivity contribution >= 4 is 11.7 Å². The van der Waals surface area contributed by atoms with Crippen molar-refractivity contribution < 1.29 is 22.7 Å². The molecule has 0 spiro atoms. The number of pyridine rings is 1. The predicted molar refractivity (Wildman–Crippen MR) is 104 cm³/mol. The van der Waals surface area contributed by atoms with E-state index < -0.39 is 18.0 Å². The van der Waals surface area contributed by atoms with Crippen LogP contribution in [-0.4, -0.2) is 41.3 Å². The van der Waals surface area contributed by atoms with E-state index in [4.69, 9.17) is 0 Å². The number of nitrogens with one attached hydrogen (secondary N) is 1. The normalized spacial score (nSPS) is 19.7. The van der Waals surface area contributed by atoms with Crippen molar-refractivity contribution in [2.45, 2.75) is 39.1 Å². The number of nitrogens with zero attached hydrogens (tertiary/aromatic N) is 2. The number of rotatable bonds is 5. The third-order valence-corrected chi connectivity index (χ3v) is 4.95. The Labute approximate surface area is 167 Å². The van der Waals surface area contributed by atoms with E-state index in [1.54, 1.807) is 4.90 Å². The van der Waals surface area contributed by atoms with Gasteiger partial charge in [0.2, 0.25) is 0 Å². The monoisotopic (exact) mass is 407 g/mol. The van der Waals surface area contributed by atoms with Gasteiger partial charge >= 0.3 is 6.36 Å². The topological polar surface area (TPSA) is 54.5 Å². The zero-order valence-corrected chi connectivity index (χ0v) is 16.4. The molecule has 2 aromatic rings. The minimum atomic E-state index is -4.86. The smallest absolute Gasteiger partial charge is 0.405 e. The molecule has 1 aromatic heterocycles. The average molecular weight is 407 g/mol. The summed E-state index contributed by atoms with van der Waals surface area (Å²) in [6.07, 6.45) is -3.16. The molecule has 156 valence electrons. The maximum absolute atomic E-state index is 13.2. The highest BCUT2D eigenvalue weighted by molar-refractivity contribution is 5.97. The van der Waals surface area contributed by atoms with Crippen molar-refractivity contribution in [2.75, 3.05) is 18.4 Å². The van der Waals surface area contributed by atoms with Crippen LogP contribution in [0.2, 0.25) is 0 Å². The van der Waals surface area contributed by atoms with Gasteiger partial charge < -0.3 is 15.0 Å². The Kier molecular flexibility index (Phi) is 6.30. The first kappa shape index (κ1) is 21.0. The fraction of sp³-hybridized carbons (Fsp3) is 0.429. The highest BCUT2D eigenvalue weighted by Gasteiger charge is 2.35. The van der Waals surface area contributed by atoms with E-state index in [2.05, 4.69) is 15.0 Å². The van der Waals surface area contributed by atoms with Crippen molar-refractivity contribution in [3.8, 4) is 5.75 Å². The van der Waals surface area contributed by atoms with Crippen molar-refractivity contribution in [1.82, 2.24) is 9.88 Å². The van der Waals surface area contributed by atoms with E-state index in [0.717, 1.165) is 24.6 Å². The molecular formula is C21H24F3N3O2. The van der Waals surface area contributed by atoms with Gasteiger partial charge in [-0.1, -0.05) is 25.1 Å². The molecule has 2 heterocycles. The molecule has 29 heavy (non-hydrogen) atoms. The summed E-state index contributed by atoms with van der Waals surface area (Å²) in [5.41, 5.74) is 0.788. The fourth-order valence-electron chi connectivity index (χ4n) is 3.55. The molecule has 0 saturated carbocycles. The number of likely N-dealkylation sites (tertiary alicyclic amines) is 1. The van der Waals surface area contributed by atoms with Crippen LogP contribution < -0.4 is 10.1 Å². The van der Waals surface area contributed by atoms with Gasteiger partial charge in [-0.3, -0.25) is 4.79 Å². The summed E-state index contributed by atoms with van der Waals surface area (Å²) in [7, 11) is 0. The predicted octanol–water partition coefficient (Wildman–Crippen LogP) is 4.64. The van der Waals surface area contributed by atoms with Crippen LogP contribution in [0.5, 0.6) is 5.75 Å². The number of benzene rings is 1. The number of anilines is 1. The second kappa shape index (κ2) is 8.71. The van der Waals surface area contributed by atoms with Crippen molar-refractivity contribution in [3.05, 3.63) is 53.7 Å². The molecule has 1 unspecified atom stereocenters. The summed E-state index contributed by atoms with van der Waals surface area (Å²) in [6, 6.07) is 11.0. The zero-order chi connectivity index (χ0) is 21.0. The first-order valence-corrected chi connectivity index (χ1v) is 9.56. The fourth-order valence-corrected chi connectivity index (χ4v) is 3.55. The molecule has 1 N–H and O–H groups in total. The van der Waals surface area contributed by atoms with E-state index in [9.17, 15) is 18.0 Å². The van der Waals surface area contributed by atoms with Crippen molar-refractivity contribution in [3.63, 3.8) is 0 Å². The molecule has 1 aliphatic heterocycles. The second-order valence-electron chi connectivity index (χ2n) is 7.38. The zero-order valence-electron chi connectivity index (χ0n) is 16.4. The molecular weight excluding hydrogens is 383 g/mol. The van der Waals surface area contributed by atoms with E-state index in [0.29, 0.717) is 18.9 Å². The molecule has 0 bridgehead atoms. The van der Waals surface area contributed by atoms with Gasteiger partial charge in [0.05, 0.1) is 5.56 Å². The van der Waals surface area contributed by atoms with Crippen LogP contribution in [0.15, 0.2) is 42.5 Å². The lowest BCUT2D eigenvalue weighted by atomic mass is 9.93. The van der Waals surface area contributed by atoms with Crippen molar-refractivity contribution in [1.29, 1.82) is 0 Å². The second-order valence-corrected chi connectivity index (χ2v) is 7.38. The number of hydrogen-bond acceptors (Lipinski definition) is 4. The Morgan fingerprint density at radius 2 is 1.97 bits per heavy atom. The lowest BCUT2D eigenvalue weighted by Gasteiger charge is -2.39. The van der Waals surface area contributed by atoms with Gasteiger partial charge in [0, 0.05) is 24.8 Å². The number of para-hydroxylation sites is 1. The van der Waals surface area contributed by atoms with Gasteiger partial charge in [0.1, 0.15) is 11.6 Å². The number of amides is 1. The summed E-state index contributed by atoms with van der Waals surface area (Å²) >= 11 is 0. The van der Waals surface area contributed by atoms with Crippen LogP contribution in [0.25, 0.3) is 0 Å². The highest BCUT2D eigenvalue weighted by atomic mass is 19.4. The number of carbonyl (C=O) groups is 1. The van der Waals surface area contributed by atoms with Crippen LogP contribution in [0.3, 0.4) is 0 Å². The molecule has 1 aliphatic rings. The Bertz CT molecular complexity index is 857. The number of piperidine rings is 1. The summed E-state index contributed by atoms with van der Waals surface area (Å²) in [5.74, 6) is 0.0375. The number of carbonyl (C=O) groups excluding carboxylic acids is 1. The van der Waals surface area contributed by atoms with Gasteiger partial charge in [0.15, 0.2) is 0 Å². The van der Waals surface area contributed by atoms with E-state index >= 15 is 0 Å². The van der Waals surface area contributed by atoms with Crippen LogP contribution in [-0.2, 0) is 0 Å². The van der Waals surface area contributed by atoms with Crippen LogP contribution in [0, 0.1) is 12.8 Å². The van der Waals surface area contributed by atoms with E-state index in [1.807, 2.05) is 32.0 Å². The lowest BCUT2D eigenvalue weighted by Crippen LogP contribution is -2.49. The summed E-state index contributed by atoms with van der Waals surface area (Å²) in [4.78, 5) is 19.2. The molecule has 8 heteroatoms. The SMILES string of the molecule is Cc1cccc(NC[C@@H]2CCC(C)CN2C(=O)c2ccccc2OC(F)(F)F)n1. The maximum atomic E-state index is 13.2. The van der Waals surface area contributed by atoms with E-state index in [-0.39, 0.29) is 17.5 Å². The Hall–Kier alpha value is -2.77. The van der Waals surface area contributed by atoms with Gasteiger partial charge in [-0.05, 0) is 49.9 Å². The largest absolute Gasteiger partial charge is 0.573 e. The number of alkyl halides is 3. The number of aryl methyl sites for hydroxylation is 1.